The number of hydrogen-bond acceptors (Lipinski definition) is 2. The van der Waals surface area contributed by atoms with Crippen molar-refractivity contribution in [3.05, 3.63) is 12.2 Å². The van der Waals surface area contributed by atoms with Gasteiger partial charge in [0.2, 0.25) is 0 Å². The fraction of sp³-hybridized carbons (Fsp3) is 0.917. The molecule has 2 nitrogen and oxygen atoms in total. The minimum absolute atomic E-state index is 0.274. The summed E-state index contributed by atoms with van der Waals surface area (Å²) in [5.74, 6) is 0.502. The summed E-state index contributed by atoms with van der Waals surface area (Å²) in [5.41, 5.74) is 0. The molecule has 0 saturated carbocycles. The van der Waals surface area contributed by atoms with E-state index in [1.807, 2.05) is 0 Å². The highest BCUT2D eigenvalue weighted by atomic mass is 28.4. The SMILES string of the molecule is CCCCCCCCCCCCC(=O)CCCCCCC/C=C\C[C@@H](CCCCCC)O[Si](C)(C)C(C)(C)C. The molecule has 3 heteroatoms. The Balaban J connectivity index is 3.83. The van der Waals surface area contributed by atoms with Crippen molar-refractivity contribution in [2.75, 3.05) is 0 Å². The smallest absolute Gasteiger partial charge is 0.192 e. The Morgan fingerprint density at radius 2 is 1.08 bits per heavy atom. The van der Waals surface area contributed by atoms with Gasteiger partial charge in [-0.15, -0.1) is 0 Å². The van der Waals surface area contributed by atoms with Gasteiger partial charge in [0.1, 0.15) is 5.78 Å². The summed E-state index contributed by atoms with van der Waals surface area (Å²) in [5, 5.41) is 0.274. The molecular weight excluding hydrogens is 492 g/mol. The largest absolute Gasteiger partial charge is 0.414 e. The predicted molar refractivity (Wildman–Crippen MR) is 178 cm³/mol. The molecule has 0 aromatic carbocycles. The molecule has 0 aliphatic heterocycles. The Morgan fingerprint density at radius 1 is 0.641 bits per heavy atom. The summed E-state index contributed by atoms with van der Waals surface area (Å²) in [4.78, 5) is 12.2. The predicted octanol–water partition coefficient (Wildman–Crippen LogP) is 12.9. The van der Waals surface area contributed by atoms with E-state index in [-0.39, 0.29) is 5.04 Å². The Bertz CT molecular complexity index is 575. The van der Waals surface area contributed by atoms with E-state index in [2.05, 4.69) is 59.9 Å². The van der Waals surface area contributed by atoms with Gasteiger partial charge in [0, 0.05) is 18.9 Å². The topological polar surface area (TPSA) is 26.3 Å². The third-order valence-electron chi connectivity index (χ3n) is 8.85. The van der Waals surface area contributed by atoms with Crippen LogP contribution in [0.5, 0.6) is 0 Å². The molecule has 0 fully saturated rings. The first-order valence-corrected chi connectivity index (χ1v) is 20.4. The summed E-state index contributed by atoms with van der Waals surface area (Å²) in [6.45, 7) is 16.4. The van der Waals surface area contributed by atoms with Crippen LogP contribution >= 0.6 is 0 Å². The molecule has 39 heavy (non-hydrogen) atoms. The highest BCUT2D eigenvalue weighted by Crippen LogP contribution is 2.38. The number of allylic oxidation sites excluding steroid dienone is 1. The number of carbonyl (C=O) groups excluding carboxylic acids is 1. The first-order valence-electron chi connectivity index (χ1n) is 17.5. The summed E-state index contributed by atoms with van der Waals surface area (Å²) in [6.07, 6.45) is 35.0. The van der Waals surface area contributed by atoms with Crippen LogP contribution in [0.2, 0.25) is 18.1 Å². The van der Waals surface area contributed by atoms with Crippen LogP contribution < -0.4 is 0 Å². The number of rotatable bonds is 28. The third kappa shape index (κ3) is 23.9. The van der Waals surface area contributed by atoms with Crippen molar-refractivity contribution in [1.82, 2.24) is 0 Å². The van der Waals surface area contributed by atoms with E-state index in [9.17, 15) is 4.79 Å². The molecule has 0 spiro atoms. The normalized spacial score (nSPS) is 13.4. The van der Waals surface area contributed by atoms with Crippen LogP contribution in [-0.4, -0.2) is 20.2 Å². The van der Waals surface area contributed by atoms with Crippen LogP contribution in [0.4, 0.5) is 0 Å². The fourth-order valence-corrected chi connectivity index (χ4v) is 6.43. The van der Waals surface area contributed by atoms with Crippen LogP contribution in [0, 0.1) is 0 Å². The van der Waals surface area contributed by atoms with E-state index < -0.39 is 8.32 Å². The van der Waals surface area contributed by atoms with Gasteiger partial charge in [-0.25, -0.2) is 0 Å². The van der Waals surface area contributed by atoms with Gasteiger partial charge >= 0.3 is 0 Å². The van der Waals surface area contributed by atoms with Crippen molar-refractivity contribution < 1.29 is 9.22 Å². The molecule has 0 aromatic rings. The van der Waals surface area contributed by atoms with Gasteiger partial charge < -0.3 is 4.43 Å². The summed E-state index contributed by atoms with van der Waals surface area (Å²) < 4.78 is 6.80. The van der Waals surface area contributed by atoms with Crippen molar-refractivity contribution in [3.63, 3.8) is 0 Å². The zero-order chi connectivity index (χ0) is 29.2. The van der Waals surface area contributed by atoms with Crippen molar-refractivity contribution in [2.24, 2.45) is 0 Å². The maximum atomic E-state index is 12.2. The molecular formula is C36H72O2Si. The quantitative estimate of drug-likeness (QED) is 0.0536. The molecule has 0 unspecified atom stereocenters. The van der Waals surface area contributed by atoms with E-state index in [0.717, 1.165) is 32.1 Å². The highest BCUT2D eigenvalue weighted by molar-refractivity contribution is 6.74. The lowest BCUT2D eigenvalue weighted by atomic mass is 10.0. The Labute approximate surface area is 248 Å². The van der Waals surface area contributed by atoms with Gasteiger partial charge in [0.05, 0.1) is 0 Å². The minimum Gasteiger partial charge on any atom is -0.414 e. The Kier molecular flexibility index (Phi) is 25.0. The number of ketones is 1. The number of hydrogen-bond donors (Lipinski definition) is 0. The second-order valence-electron chi connectivity index (χ2n) is 13.8. The number of unbranched alkanes of at least 4 members (excludes halogenated alkanes) is 17. The van der Waals surface area contributed by atoms with Gasteiger partial charge in [0.15, 0.2) is 8.32 Å². The number of Topliss-reactive ketones (excluding diaryl/α,β-unsaturated/α-hetero) is 1. The second-order valence-corrected chi connectivity index (χ2v) is 18.6. The van der Waals surface area contributed by atoms with E-state index in [4.69, 9.17) is 4.43 Å². The lowest BCUT2D eigenvalue weighted by molar-refractivity contribution is -0.119. The van der Waals surface area contributed by atoms with Crippen molar-refractivity contribution >= 4 is 14.1 Å². The molecule has 0 saturated heterocycles. The van der Waals surface area contributed by atoms with Gasteiger partial charge in [0.25, 0.3) is 0 Å². The maximum absolute atomic E-state index is 12.2. The van der Waals surface area contributed by atoms with E-state index >= 15 is 0 Å². The zero-order valence-corrected chi connectivity index (χ0v) is 29.0. The molecule has 0 N–H and O–H groups in total. The molecule has 0 amide bonds. The molecule has 232 valence electrons. The summed E-state index contributed by atoms with van der Waals surface area (Å²) in [7, 11) is -1.72. The van der Waals surface area contributed by atoms with E-state index in [1.54, 1.807) is 0 Å². The van der Waals surface area contributed by atoms with Crippen molar-refractivity contribution in [3.8, 4) is 0 Å². The lowest BCUT2D eigenvalue weighted by Gasteiger charge is -2.39. The summed E-state index contributed by atoms with van der Waals surface area (Å²) in [6, 6.07) is 0. The standard InChI is InChI=1S/C36H72O2Si/c1-8-10-12-14-15-16-17-20-23-26-30-34(37)31-27-24-21-18-19-22-25-29-33-35(32-28-13-11-9-2)38-39(6,7)36(3,4)5/h25,29,35H,8-24,26-28,30-33H2,1-7H3/b29-25-/t35-/m1/s1. The van der Waals surface area contributed by atoms with Crippen LogP contribution in [0.25, 0.3) is 0 Å². The van der Waals surface area contributed by atoms with Crippen LogP contribution in [0.15, 0.2) is 12.2 Å². The Hall–Kier alpha value is -0.413. The second kappa shape index (κ2) is 25.3. The first kappa shape index (κ1) is 38.6. The monoisotopic (exact) mass is 565 g/mol. The average Bonchev–Trinajstić information content (AvgIpc) is 2.87. The highest BCUT2D eigenvalue weighted by Gasteiger charge is 2.38. The Morgan fingerprint density at radius 3 is 1.56 bits per heavy atom. The van der Waals surface area contributed by atoms with Crippen molar-refractivity contribution in [1.29, 1.82) is 0 Å². The molecule has 0 aromatic heterocycles. The third-order valence-corrected chi connectivity index (χ3v) is 13.4. The summed E-state index contributed by atoms with van der Waals surface area (Å²) >= 11 is 0. The van der Waals surface area contributed by atoms with Crippen molar-refractivity contribution in [2.45, 2.75) is 213 Å². The molecule has 0 aliphatic carbocycles. The van der Waals surface area contributed by atoms with Crippen LogP contribution in [0.3, 0.4) is 0 Å². The first-order chi connectivity index (χ1) is 18.6. The van der Waals surface area contributed by atoms with Gasteiger partial charge in [-0.1, -0.05) is 150 Å². The molecule has 0 rings (SSSR count). The molecule has 0 heterocycles. The molecule has 0 radical (unpaired) electrons. The molecule has 0 bridgehead atoms. The van der Waals surface area contributed by atoms with Gasteiger partial charge in [-0.2, -0.15) is 0 Å². The van der Waals surface area contributed by atoms with Crippen LogP contribution in [0.1, 0.15) is 189 Å². The maximum Gasteiger partial charge on any atom is 0.192 e. The van der Waals surface area contributed by atoms with Gasteiger partial charge in [-0.05, 0) is 56.7 Å². The lowest BCUT2D eigenvalue weighted by Crippen LogP contribution is -2.43. The molecule has 1 atom stereocenters. The fourth-order valence-electron chi connectivity index (χ4n) is 5.03. The van der Waals surface area contributed by atoms with E-state index in [0.29, 0.717) is 11.9 Å². The molecule has 0 aliphatic rings. The van der Waals surface area contributed by atoms with Gasteiger partial charge in [-0.3, -0.25) is 4.79 Å². The zero-order valence-electron chi connectivity index (χ0n) is 28.0. The van der Waals surface area contributed by atoms with Crippen LogP contribution in [-0.2, 0) is 9.22 Å². The minimum atomic E-state index is -1.72. The van der Waals surface area contributed by atoms with E-state index in [1.165, 1.54) is 122 Å². The number of carbonyl (C=O) groups is 1. The average molecular weight is 565 g/mol.